The number of hydrogen-bond donors (Lipinski definition) is 0. The quantitative estimate of drug-likeness (QED) is 0.339. The Morgan fingerprint density at radius 3 is 1.50 bits per heavy atom. The molecule has 6 nitrogen and oxygen atoms in total. The summed E-state index contributed by atoms with van der Waals surface area (Å²) < 4.78 is 10.4. The van der Waals surface area contributed by atoms with Gasteiger partial charge in [-0.15, -0.1) is 0 Å². The summed E-state index contributed by atoms with van der Waals surface area (Å²) in [6, 6.07) is 12.3. The van der Waals surface area contributed by atoms with Gasteiger partial charge in [-0.25, -0.2) is 9.59 Å². The number of ether oxygens (including phenoxy) is 2. The molecule has 2 fully saturated rings. The van der Waals surface area contributed by atoms with Gasteiger partial charge in [-0.2, -0.15) is 0 Å². The van der Waals surface area contributed by atoms with E-state index in [0.717, 1.165) is 49.1 Å². The first-order chi connectivity index (χ1) is 19.9. The number of carbonyl (C=O) groups excluding carboxylic acids is 2. The molecular formula is C34H44Cl2N2O4. The minimum absolute atomic E-state index is 0.115. The van der Waals surface area contributed by atoms with Crippen LogP contribution in [0.2, 0.25) is 10.0 Å². The van der Waals surface area contributed by atoms with Gasteiger partial charge in [0.25, 0.3) is 0 Å². The van der Waals surface area contributed by atoms with Crippen LogP contribution in [-0.4, -0.2) is 61.4 Å². The maximum atomic E-state index is 12.1. The summed E-state index contributed by atoms with van der Waals surface area (Å²) in [5.74, 6) is 1.56. The van der Waals surface area contributed by atoms with Crippen LogP contribution in [-0.2, 0) is 9.47 Å². The molecule has 8 heteroatoms. The van der Waals surface area contributed by atoms with Crippen LogP contribution >= 0.6 is 23.2 Å². The van der Waals surface area contributed by atoms with Crippen LogP contribution in [0.15, 0.2) is 36.4 Å². The fourth-order valence-electron chi connectivity index (χ4n) is 8.53. The summed E-state index contributed by atoms with van der Waals surface area (Å²) >= 11 is 12.8. The molecule has 0 aromatic heterocycles. The molecule has 2 saturated heterocycles. The van der Waals surface area contributed by atoms with Crippen molar-refractivity contribution in [3.63, 3.8) is 0 Å². The zero-order valence-electron chi connectivity index (χ0n) is 25.7. The molecule has 0 saturated carbocycles. The van der Waals surface area contributed by atoms with Crippen LogP contribution in [0, 0.1) is 10.8 Å². The van der Waals surface area contributed by atoms with E-state index in [-0.39, 0.29) is 23.0 Å². The SMILES string of the molecule is CCOC(=O)N1C[C@H]2c3cccc(Cl)c3[C@@H](C)C[C@@]2(C)C1.CCOC(=O)N1C[C@H]2c3cccc(Cl)c3[C@H](C)C[C@@]2(C)C1. The highest BCUT2D eigenvalue weighted by molar-refractivity contribution is 6.31. The van der Waals surface area contributed by atoms with E-state index in [1.165, 1.54) is 22.3 Å². The van der Waals surface area contributed by atoms with Crippen molar-refractivity contribution in [2.45, 2.75) is 78.1 Å². The number of nitrogens with zero attached hydrogens (tertiary/aromatic N) is 2. The van der Waals surface area contributed by atoms with Gasteiger partial charge >= 0.3 is 12.2 Å². The highest BCUT2D eigenvalue weighted by Gasteiger charge is 2.51. The lowest BCUT2D eigenvalue weighted by atomic mass is 9.63. The molecule has 6 rings (SSSR count). The first-order valence-corrected chi connectivity index (χ1v) is 16.1. The van der Waals surface area contributed by atoms with Gasteiger partial charge in [-0.05, 0) is 83.7 Å². The molecule has 6 atom stereocenters. The number of rotatable bonds is 2. The Bertz CT molecular complexity index is 1250. The molecular weight excluding hydrogens is 571 g/mol. The second-order valence-corrected chi connectivity index (χ2v) is 14.1. The van der Waals surface area contributed by atoms with E-state index in [2.05, 4.69) is 39.8 Å². The second-order valence-electron chi connectivity index (χ2n) is 13.3. The van der Waals surface area contributed by atoms with E-state index in [4.69, 9.17) is 32.7 Å². The van der Waals surface area contributed by atoms with Gasteiger partial charge in [0.2, 0.25) is 0 Å². The number of benzene rings is 2. The molecule has 2 amide bonds. The lowest BCUT2D eigenvalue weighted by Crippen LogP contribution is -2.33. The Hall–Kier alpha value is -2.44. The number of carbonyl (C=O) groups is 2. The van der Waals surface area contributed by atoms with E-state index >= 15 is 0 Å². The summed E-state index contributed by atoms with van der Waals surface area (Å²) in [4.78, 5) is 27.9. The van der Waals surface area contributed by atoms with Crippen molar-refractivity contribution in [1.29, 1.82) is 0 Å². The molecule has 2 aromatic rings. The van der Waals surface area contributed by atoms with Crippen LogP contribution in [0.3, 0.4) is 0 Å². The van der Waals surface area contributed by atoms with E-state index < -0.39 is 0 Å². The standard InChI is InChI=1S/2C17H22ClNO2/c2*1-4-21-16(20)19-9-13-12-6-5-7-14(18)15(12)11(2)8-17(13,3)10-19/h2*5-7,11,13H,4,8-10H2,1-3H3/t11-,13+,17+;11-,13-,17-/m10/s1. The molecule has 2 heterocycles. The van der Waals surface area contributed by atoms with Crippen LogP contribution in [0.1, 0.15) is 100 Å². The summed E-state index contributed by atoms with van der Waals surface area (Å²) in [5, 5.41) is 1.72. The molecule has 2 aromatic carbocycles. The average Bonchev–Trinajstić information content (AvgIpc) is 3.46. The zero-order chi connectivity index (χ0) is 30.4. The second kappa shape index (κ2) is 11.9. The van der Waals surface area contributed by atoms with Crippen molar-refractivity contribution < 1.29 is 19.1 Å². The molecule has 0 bridgehead atoms. The van der Waals surface area contributed by atoms with Crippen LogP contribution < -0.4 is 0 Å². The number of amides is 2. The number of halogens is 2. The molecule has 42 heavy (non-hydrogen) atoms. The molecule has 0 N–H and O–H groups in total. The number of likely N-dealkylation sites (tertiary alicyclic amines) is 2. The lowest BCUT2D eigenvalue weighted by Gasteiger charge is -2.40. The van der Waals surface area contributed by atoms with Crippen molar-refractivity contribution in [3.8, 4) is 0 Å². The van der Waals surface area contributed by atoms with Crippen molar-refractivity contribution in [1.82, 2.24) is 9.80 Å². The molecule has 0 radical (unpaired) electrons. The number of hydrogen-bond acceptors (Lipinski definition) is 4. The minimum Gasteiger partial charge on any atom is -0.450 e. The fourth-order valence-corrected chi connectivity index (χ4v) is 9.27. The Labute approximate surface area is 260 Å². The van der Waals surface area contributed by atoms with Gasteiger partial charge in [-0.1, -0.05) is 75.2 Å². The van der Waals surface area contributed by atoms with Gasteiger partial charge in [0.15, 0.2) is 0 Å². The van der Waals surface area contributed by atoms with Crippen molar-refractivity contribution in [3.05, 3.63) is 68.7 Å². The Morgan fingerprint density at radius 2 is 1.14 bits per heavy atom. The average molecular weight is 616 g/mol. The Kier molecular flexibility index (Phi) is 8.80. The van der Waals surface area contributed by atoms with Crippen LogP contribution in [0.25, 0.3) is 0 Å². The summed E-state index contributed by atoms with van der Waals surface area (Å²) in [5.41, 5.74) is 5.40. The highest BCUT2D eigenvalue weighted by Crippen LogP contribution is 2.56. The van der Waals surface area contributed by atoms with Gasteiger partial charge in [0.1, 0.15) is 0 Å². The zero-order valence-corrected chi connectivity index (χ0v) is 27.2. The van der Waals surface area contributed by atoms with Gasteiger partial charge in [-0.3, -0.25) is 0 Å². The predicted molar refractivity (Wildman–Crippen MR) is 168 cm³/mol. The van der Waals surface area contributed by atoms with Gasteiger partial charge in [0.05, 0.1) is 13.2 Å². The minimum atomic E-state index is -0.190. The molecule has 2 aliphatic heterocycles. The number of fused-ring (bicyclic) bond motifs is 6. The molecule has 0 spiro atoms. The first-order valence-electron chi connectivity index (χ1n) is 15.3. The highest BCUT2D eigenvalue weighted by atomic mass is 35.5. The summed E-state index contributed by atoms with van der Waals surface area (Å²) in [7, 11) is 0. The van der Waals surface area contributed by atoms with Crippen molar-refractivity contribution >= 4 is 35.4 Å². The van der Waals surface area contributed by atoms with Crippen LogP contribution in [0.5, 0.6) is 0 Å². The van der Waals surface area contributed by atoms with Gasteiger partial charge in [0, 0.05) is 48.1 Å². The van der Waals surface area contributed by atoms with E-state index in [0.29, 0.717) is 36.9 Å². The Morgan fingerprint density at radius 1 is 0.762 bits per heavy atom. The maximum Gasteiger partial charge on any atom is 0.409 e. The van der Waals surface area contributed by atoms with Gasteiger partial charge < -0.3 is 19.3 Å². The van der Waals surface area contributed by atoms with E-state index in [1.54, 1.807) is 0 Å². The molecule has 0 unspecified atom stereocenters. The summed E-state index contributed by atoms with van der Waals surface area (Å²) in [6.45, 7) is 16.6. The fraction of sp³-hybridized carbons (Fsp3) is 0.588. The normalized spacial score (nSPS) is 30.8. The lowest BCUT2D eigenvalue weighted by molar-refractivity contribution is 0.110. The topological polar surface area (TPSA) is 59.1 Å². The van der Waals surface area contributed by atoms with E-state index in [1.807, 2.05) is 47.9 Å². The third kappa shape index (κ3) is 5.50. The third-order valence-electron chi connectivity index (χ3n) is 10.1. The molecule has 228 valence electrons. The molecule has 2 aliphatic carbocycles. The molecule has 4 aliphatic rings. The monoisotopic (exact) mass is 614 g/mol. The Balaban J connectivity index is 0.000000168. The predicted octanol–water partition coefficient (Wildman–Crippen LogP) is 8.82. The maximum absolute atomic E-state index is 12.1. The third-order valence-corrected chi connectivity index (χ3v) is 10.8. The van der Waals surface area contributed by atoms with Crippen molar-refractivity contribution in [2.24, 2.45) is 10.8 Å². The van der Waals surface area contributed by atoms with Crippen LogP contribution in [0.4, 0.5) is 9.59 Å². The summed E-state index contributed by atoms with van der Waals surface area (Å²) in [6.07, 6.45) is 1.74. The largest absolute Gasteiger partial charge is 0.450 e. The van der Waals surface area contributed by atoms with Crippen molar-refractivity contribution in [2.75, 3.05) is 39.4 Å². The van der Waals surface area contributed by atoms with E-state index in [9.17, 15) is 9.59 Å². The smallest absolute Gasteiger partial charge is 0.409 e. The first kappa shape index (κ1) is 31.0.